The molecule has 2 rings (SSSR count). The number of hydrogen-bond donors (Lipinski definition) is 1. The lowest BCUT2D eigenvalue weighted by Crippen LogP contribution is -2.16. The van der Waals surface area contributed by atoms with Crippen LogP contribution in [0.4, 0.5) is 0 Å². The van der Waals surface area contributed by atoms with Crippen molar-refractivity contribution < 1.29 is 0 Å². The highest BCUT2D eigenvalue weighted by atomic mass is 127. The molecule has 0 saturated carbocycles. The van der Waals surface area contributed by atoms with E-state index in [0.717, 1.165) is 0 Å². The zero-order chi connectivity index (χ0) is 12.4. The van der Waals surface area contributed by atoms with Crippen LogP contribution in [0.5, 0.6) is 0 Å². The Labute approximate surface area is 128 Å². The van der Waals surface area contributed by atoms with Crippen LogP contribution in [0, 0.1) is 10.5 Å². The average molecular weight is 422 g/mol. The Balaban J connectivity index is 2.36. The molecule has 1 N–H and O–H groups in total. The molecule has 0 aliphatic rings. The number of halogens is 2. The van der Waals surface area contributed by atoms with Gasteiger partial charge >= 0.3 is 0 Å². The van der Waals surface area contributed by atoms with Gasteiger partial charge in [-0.15, -0.1) is 11.3 Å². The lowest BCUT2D eigenvalue weighted by molar-refractivity contribution is 0.703. The van der Waals surface area contributed by atoms with Crippen molar-refractivity contribution in [3.8, 4) is 0 Å². The number of rotatable bonds is 3. The second-order valence-corrected chi connectivity index (χ2v) is 7.53. The minimum absolute atomic E-state index is 0.280. The first kappa shape index (κ1) is 13.5. The summed E-state index contributed by atoms with van der Waals surface area (Å²) in [7, 11) is 2.01. The van der Waals surface area contributed by atoms with Gasteiger partial charge in [-0.05, 0) is 81.8 Å². The van der Waals surface area contributed by atoms with E-state index in [1.54, 1.807) is 11.3 Å². The topological polar surface area (TPSA) is 12.0 Å². The van der Waals surface area contributed by atoms with Crippen molar-refractivity contribution in [2.75, 3.05) is 7.05 Å². The number of hydrogen-bond acceptors (Lipinski definition) is 2. The SMILES string of the molecule is CNC(c1ccc(I)cc1)c1cc(C)c(Br)s1. The van der Waals surface area contributed by atoms with Crippen LogP contribution in [0.15, 0.2) is 34.1 Å². The van der Waals surface area contributed by atoms with Crippen molar-refractivity contribution in [1.82, 2.24) is 5.32 Å². The van der Waals surface area contributed by atoms with E-state index in [-0.39, 0.29) is 6.04 Å². The van der Waals surface area contributed by atoms with Crippen molar-refractivity contribution >= 4 is 49.9 Å². The molecule has 1 heterocycles. The normalized spacial score (nSPS) is 12.7. The maximum absolute atomic E-state index is 3.59. The van der Waals surface area contributed by atoms with Crippen molar-refractivity contribution in [3.63, 3.8) is 0 Å². The van der Waals surface area contributed by atoms with E-state index >= 15 is 0 Å². The lowest BCUT2D eigenvalue weighted by atomic mass is 10.1. The Kier molecular flexibility index (Phi) is 4.63. The predicted molar refractivity (Wildman–Crippen MR) is 86.8 cm³/mol. The van der Waals surface area contributed by atoms with E-state index in [0.29, 0.717) is 0 Å². The number of benzene rings is 1. The van der Waals surface area contributed by atoms with Crippen LogP contribution in [0.2, 0.25) is 0 Å². The lowest BCUT2D eigenvalue weighted by Gasteiger charge is -2.15. The maximum Gasteiger partial charge on any atom is 0.0731 e. The molecule has 0 radical (unpaired) electrons. The summed E-state index contributed by atoms with van der Waals surface area (Å²) in [4.78, 5) is 1.35. The van der Waals surface area contributed by atoms with E-state index in [4.69, 9.17) is 0 Å². The molecule has 90 valence electrons. The van der Waals surface area contributed by atoms with E-state index in [1.807, 2.05) is 7.05 Å². The highest BCUT2D eigenvalue weighted by Crippen LogP contribution is 2.34. The molecule has 1 nitrogen and oxygen atoms in total. The summed E-state index contributed by atoms with van der Waals surface area (Å²) in [5.74, 6) is 0. The van der Waals surface area contributed by atoms with Crippen LogP contribution in [0.3, 0.4) is 0 Å². The van der Waals surface area contributed by atoms with Crippen molar-refractivity contribution in [1.29, 1.82) is 0 Å². The fraction of sp³-hybridized carbons (Fsp3) is 0.231. The molecule has 0 amide bonds. The minimum atomic E-state index is 0.280. The van der Waals surface area contributed by atoms with E-state index in [9.17, 15) is 0 Å². The third kappa shape index (κ3) is 3.10. The van der Waals surface area contributed by atoms with Gasteiger partial charge in [0, 0.05) is 8.45 Å². The summed E-state index contributed by atoms with van der Waals surface area (Å²) in [5, 5.41) is 3.38. The van der Waals surface area contributed by atoms with Gasteiger partial charge in [0.2, 0.25) is 0 Å². The first-order valence-corrected chi connectivity index (χ1v) is 7.99. The molecule has 4 heteroatoms. The highest BCUT2D eigenvalue weighted by molar-refractivity contribution is 14.1. The molecule has 0 fully saturated rings. The van der Waals surface area contributed by atoms with Gasteiger partial charge in [-0.1, -0.05) is 12.1 Å². The van der Waals surface area contributed by atoms with Gasteiger partial charge in [0.15, 0.2) is 0 Å². The molecule has 0 bridgehead atoms. The van der Waals surface area contributed by atoms with Crippen LogP contribution in [0.25, 0.3) is 0 Å². The van der Waals surface area contributed by atoms with Gasteiger partial charge in [-0.25, -0.2) is 0 Å². The van der Waals surface area contributed by atoms with Crippen LogP contribution >= 0.6 is 49.9 Å². The van der Waals surface area contributed by atoms with Crippen molar-refractivity contribution in [2.45, 2.75) is 13.0 Å². The Morgan fingerprint density at radius 3 is 2.41 bits per heavy atom. The first-order valence-electron chi connectivity index (χ1n) is 5.30. The summed E-state index contributed by atoms with van der Waals surface area (Å²) in [6.07, 6.45) is 0. The quantitative estimate of drug-likeness (QED) is 0.706. The molecular formula is C13H13BrINS. The summed E-state index contributed by atoms with van der Waals surface area (Å²) < 4.78 is 2.49. The molecule has 0 saturated heterocycles. The summed E-state index contributed by atoms with van der Waals surface area (Å²) >= 11 is 7.72. The van der Waals surface area contributed by atoms with E-state index in [2.05, 4.69) is 81.1 Å². The van der Waals surface area contributed by atoms with E-state index < -0.39 is 0 Å². The van der Waals surface area contributed by atoms with Gasteiger partial charge in [0.1, 0.15) is 0 Å². The molecule has 0 aliphatic carbocycles. The maximum atomic E-state index is 3.59. The van der Waals surface area contributed by atoms with Crippen molar-refractivity contribution in [2.24, 2.45) is 0 Å². The monoisotopic (exact) mass is 421 g/mol. The smallest absolute Gasteiger partial charge is 0.0731 e. The van der Waals surface area contributed by atoms with Gasteiger partial charge in [-0.3, -0.25) is 0 Å². The summed E-state index contributed by atoms with van der Waals surface area (Å²) in [5.41, 5.74) is 2.61. The third-order valence-electron chi connectivity index (χ3n) is 2.65. The van der Waals surface area contributed by atoms with Gasteiger partial charge in [0.05, 0.1) is 9.83 Å². The van der Waals surface area contributed by atoms with Gasteiger partial charge in [-0.2, -0.15) is 0 Å². The predicted octanol–water partition coefficient (Wildman–Crippen LogP) is 4.73. The molecule has 0 spiro atoms. The van der Waals surface area contributed by atoms with E-state index in [1.165, 1.54) is 23.4 Å². The van der Waals surface area contributed by atoms with Crippen LogP contribution in [0.1, 0.15) is 22.0 Å². The molecule has 1 aromatic heterocycles. The first-order chi connectivity index (χ1) is 8.11. The highest BCUT2D eigenvalue weighted by Gasteiger charge is 2.15. The Morgan fingerprint density at radius 2 is 1.94 bits per heavy atom. The van der Waals surface area contributed by atoms with Crippen LogP contribution < -0.4 is 5.32 Å². The number of nitrogens with one attached hydrogen (secondary N) is 1. The third-order valence-corrected chi connectivity index (χ3v) is 5.57. The average Bonchev–Trinajstić information content (AvgIpc) is 2.63. The fourth-order valence-electron chi connectivity index (χ4n) is 1.75. The molecule has 17 heavy (non-hydrogen) atoms. The molecular weight excluding hydrogens is 409 g/mol. The zero-order valence-corrected chi connectivity index (χ0v) is 14.2. The fourth-order valence-corrected chi connectivity index (χ4v) is 3.82. The van der Waals surface area contributed by atoms with Crippen molar-refractivity contribution in [3.05, 3.63) is 53.7 Å². The Bertz CT molecular complexity index is 487. The Morgan fingerprint density at radius 1 is 1.29 bits per heavy atom. The summed E-state index contributed by atoms with van der Waals surface area (Å²) in [6, 6.07) is 11.2. The second kappa shape index (κ2) is 5.82. The van der Waals surface area contributed by atoms with Gasteiger partial charge in [0.25, 0.3) is 0 Å². The Hall–Kier alpha value is 0.0900. The number of aryl methyl sites for hydroxylation is 1. The zero-order valence-electron chi connectivity index (χ0n) is 9.63. The van der Waals surface area contributed by atoms with Crippen LogP contribution in [-0.2, 0) is 0 Å². The molecule has 2 aromatic rings. The standard InChI is InChI=1S/C13H13BrINS/c1-8-7-11(17-13(8)14)12(16-2)9-3-5-10(15)6-4-9/h3-7,12,16H,1-2H3. The van der Waals surface area contributed by atoms with Crippen LogP contribution in [-0.4, -0.2) is 7.05 Å². The molecule has 0 aliphatic heterocycles. The largest absolute Gasteiger partial charge is 0.309 e. The minimum Gasteiger partial charge on any atom is -0.309 e. The number of thiophene rings is 1. The molecule has 1 atom stereocenters. The second-order valence-electron chi connectivity index (χ2n) is 3.88. The summed E-state index contributed by atoms with van der Waals surface area (Å²) in [6.45, 7) is 2.13. The van der Waals surface area contributed by atoms with Gasteiger partial charge < -0.3 is 5.32 Å². The molecule has 1 unspecified atom stereocenters. The molecule has 1 aromatic carbocycles.